The molecule has 0 saturated carbocycles. The standard InChI is InChI=1S/C18H16N2O8S/c1-27-18(26)10-7-29-16-11(15(23)20(16)12(10)17(24)25)19-14(22)13(28-8-21)9-5-3-2-4-6-9/h2-6,8,11,13,16H,7H2,1H3,(H,19,22)(H,24,25)/t11?,13?,16-/m1/s1. The van der Waals surface area contributed by atoms with Crippen LogP contribution in [0.15, 0.2) is 41.6 Å². The van der Waals surface area contributed by atoms with Crippen LogP contribution in [-0.2, 0) is 33.4 Å². The first kappa shape index (κ1) is 20.4. The predicted molar refractivity (Wildman–Crippen MR) is 98.0 cm³/mol. The lowest BCUT2D eigenvalue weighted by Gasteiger charge is -2.49. The van der Waals surface area contributed by atoms with E-state index in [-0.39, 0.29) is 17.8 Å². The van der Waals surface area contributed by atoms with Gasteiger partial charge in [0.1, 0.15) is 17.1 Å². The summed E-state index contributed by atoms with van der Waals surface area (Å²) >= 11 is 1.12. The van der Waals surface area contributed by atoms with Crippen LogP contribution in [0.25, 0.3) is 0 Å². The Morgan fingerprint density at radius 3 is 2.59 bits per heavy atom. The van der Waals surface area contributed by atoms with Gasteiger partial charge in [0.15, 0.2) is 0 Å². The molecule has 1 aromatic carbocycles. The molecule has 2 heterocycles. The van der Waals surface area contributed by atoms with Gasteiger partial charge in [0.2, 0.25) is 6.10 Å². The molecule has 0 aromatic heterocycles. The average molecular weight is 420 g/mol. The SMILES string of the molecule is COC(=O)C1=C(C(=O)O)N2C(=O)C(NC(=O)C(OC=O)c3ccccc3)[C@H]2SC1. The van der Waals surface area contributed by atoms with Crippen LogP contribution < -0.4 is 5.32 Å². The Labute approximate surface area is 168 Å². The van der Waals surface area contributed by atoms with Crippen molar-refractivity contribution in [1.29, 1.82) is 0 Å². The number of β-lactam (4-membered cyclic amide) rings is 1. The summed E-state index contributed by atoms with van der Waals surface area (Å²) in [7, 11) is 1.11. The van der Waals surface area contributed by atoms with E-state index >= 15 is 0 Å². The number of benzene rings is 1. The van der Waals surface area contributed by atoms with Crippen molar-refractivity contribution in [1.82, 2.24) is 10.2 Å². The first-order valence-corrected chi connectivity index (χ1v) is 9.39. The van der Waals surface area contributed by atoms with Gasteiger partial charge >= 0.3 is 11.9 Å². The number of esters is 1. The quantitative estimate of drug-likeness (QED) is 0.349. The monoisotopic (exact) mass is 420 g/mol. The molecule has 2 unspecified atom stereocenters. The highest BCUT2D eigenvalue weighted by Gasteiger charge is 2.55. The van der Waals surface area contributed by atoms with Crippen LogP contribution in [0.3, 0.4) is 0 Å². The van der Waals surface area contributed by atoms with Crippen LogP contribution in [0.4, 0.5) is 0 Å². The Kier molecular flexibility index (Phi) is 5.87. The minimum Gasteiger partial charge on any atom is -0.477 e. The highest BCUT2D eigenvalue weighted by molar-refractivity contribution is 8.00. The van der Waals surface area contributed by atoms with E-state index in [9.17, 15) is 29.1 Å². The molecule has 1 aromatic rings. The average Bonchev–Trinajstić information content (AvgIpc) is 2.74. The molecule has 3 atom stereocenters. The maximum Gasteiger partial charge on any atom is 0.353 e. The zero-order chi connectivity index (χ0) is 21.1. The van der Waals surface area contributed by atoms with Crippen LogP contribution in [0, 0.1) is 0 Å². The van der Waals surface area contributed by atoms with E-state index in [1.165, 1.54) is 0 Å². The second-order valence-corrected chi connectivity index (χ2v) is 7.15. The predicted octanol–water partition coefficient (Wildman–Crippen LogP) is -0.188. The molecule has 2 aliphatic heterocycles. The van der Waals surface area contributed by atoms with Gasteiger partial charge in [-0.1, -0.05) is 30.3 Å². The van der Waals surface area contributed by atoms with Crippen molar-refractivity contribution in [2.24, 2.45) is 0 Å². The maximum atomic E-state index is 12.6. The number of carboxylic acids is 1. The number of hydrogen-bond acceptors (Lipinski definition) is 8. The molecule has 0 radical (unpaired) electrons. The minimum absolute atomic E-state index is 0.00206. The van der Waals surface area contributed by atoms with E-state index < -0.39 is 47.0 Å². The number of methoxy groups -OCH3 is 1. The van der Waals surface area contributed by atoms with Gasteiger partial charge in [-0.3, -0.25) is 19.3 Å². The second-order valence-electron chi connectivity index (χ2n) is 6.04. The molecular formula is C18H16N2O8S. The van der Waals surface area contributed by atoms with Crippen LogP contribution in [0.1, 0.15) is 11.7 Å². The van der Waals surface area contributed by atoms with Crippen LogP contribution in [-0.4, -0.2) is 64.5 Å². The third-order valence-electron chi connectivity index (χ3n) is 4.43. The summed E-state index contributed by atoms with van der Waals surface area (Å²) in [6.07, 6.45) is -1.26. The Balaban J connectivity index is 1.80. The molecule has 2 aliphatic rings. The molecule has 11 heteroatoms. The summed E-state index contributed by atoms with van der Waals surface area (Å²) in [6.45, 7) is 0.134. The molecule has 1 fully saturated rings. The summed E-state index contributed by atoms with van der Waals surface area (Å²) < 4.78 is 9.45. The highest BCUT2D eigenvalue weighted by atomic mass is 32.2. The molecule has 0 spiro atoms. The van der Waals surface area contributed by atoms with E-state index in [0.717, 1.165) is 23.8 Å². The molecular weight excluding hydrogens is 404 g/mol. The van der Waals surface area contributed by atoms with Crippen molar-refractivity contribution in [3.8, 4) is 0 Å². The van der Waals surface area contributed by atoms with Crippen LogP contribution in [0.5, 0.6) is 0 Å². The summed E-state index contributed by atoms with van der Waals surface area (Å²) in [5.41, 5.74) is -0.179. The fourth-order valence-electron chi connectivity index (χ4n) is 3.10. The maximum absolute atomic E-state index is 12.6. The van der Waals surface area contributed by atoms with Gasteiger partial charge < -0.3 is 19.9 Å². The highest BCUT2D eigenvalue weighted by Crippen LogP contribution is 2.40. The van der Waals surface area contributed by atoms with Crippen molar-refractivity contribution in [3.63, 3.8) is 0 Å². The van der Waals surface area contributed by atoms with E-state index in [1.807, 2.05) is 0 Å². The van der Waals surface area contributed by atoms with Crippen LogP contribution in [0.2, 0.25) is 0 Å². The zero-order valence-corrected chi connectivity index (χ0v) is 15.9. The molecule has 10 nitrogen and oxygen atoms in total. The molecule has 0 aliphatic carbocycles. The fourth-order valence-corrected chi connectivity index (χ4v) is 4.43. The topological polar surface area (TPSA) is 139 Å². The van der Waals surface area contributed by atoms with E-state index in [4.69, 9.17) is 4.74 Å². The van der Waals surface area contributed by atoms with Crippen molar-refractivity contribution in [2.75, 3.05) is 12.9 Å². The van der Waals surface area contributed by atoms with Crippen LogP contribution >= 0.6 is 11.8 Å². The van der Waals surface area contributed by atoms with Gasteiger partial charge in [-0.25, -0.2) is 9.59 Å². The lowest BCUT2D eigenvalue weighted by molar-refractivity contribution is -0.154. The summed E-state index contributed by atoms with van der Waals surface area (Å²) in [4.78, 5) is 60.4. The third-order valence-corrected chi connectivity index (χ3v) is 5.71. The summed E-state index contributed by atoms with van der Waals surface area (Å²) in [5, 5.41) is 11.2. The van der Waals surface area contributed by atoms with Crippen molar-refractivity contribution < 1.29 is 38.6 Å². The molecule has 29 heavy (non-hydrogen) atoms. The lowest BCUT2D eigenvalue weighted by Crippen LogP contribution is -2.71. The number of amides is 2. The Morgan fingerprint density at radius 2 is 2.00 bits per heavy atom. The van der Waals surface area contributed by atoms with Crippen molar-refractivity contribution in [3.05, 3.63) is 47.2 Å². The third kappa shape index (κ3) is 3.68. The smallest absolute Gasteiger partial charge is 0.353 e. The summed E-state index contributed by atoms with van der Waals surface area (Å²) in [6, 6.07) is 7.20. The Bertz CT molecular complexity index is 900. The molecule has 152 valence electrons. The van der Waals surface area contributed by atoms with Gasteiger partial charge in [0, 0.05) is 11.3 Å². The normalized spacial score (nSPS) is 21.4. The number of ether oxygens (including phenoxy) is 2. The number of nitrogens with zero attached hydrogens (tertiary/aromatic N) is 1. The van der Waals surface area contributed by atoms with Gasteiger partial charge in [0.05, 0.1) is 12.7 Å². The van der Waals surface area contributed by atoms with E-state index in [1.54, 1.807) is 30.3 Å². The van der Waals surface area contributed by atoms with E-state index in [2.05, 4.69) is 10.1 Å². The van der Waals surface area contributed by atoms with Crippen molar-refractivity contribution >= 4 is 42.0 Å². The number of thioether (sulfide) groups is 1. The van der Waals surface area contributed by atoms with Gasteiger partial charge in [0.25, 0.3) is 18.3 Å². The van der Waals surface area contributed by atoms with Gasteiger partial charge in [-0.05, 0) is 0 Å². The zero-order valence-electron chi connectivity index (χ0n) is 15.1. The molecule has 3 rings (SSSR count). The first-order chi connectivity index (χ1) is 13.9. The molecule has 0 bridgehead atoms. The van der Waals surface area contributed by atoms with E-state index in [0.29, 0.717) is 5.56 Å². The Morgan fingerprint density at radius 1 is 1.31 bits per heavy atom. The largest absolute Gasteiger partial charge is 0.477 e. The second kappa shape index (κ2) is 8.35. The van der Waals surface area contributed by atoms with Crippen molar-refractivity contribution in [2.45, 2.75) is 17.5 Å². The van der Waals surface area contributed by atoms with Gasteiger partial charge in [-0.15, -0.1) is 11.8 Å². The number of carboxylic acid groups (broad SMARTS) is 1. The number of nitrogens with one attached hydrogen (secondary N) is 1. The minimum atomic E-state index is -1.44. The Hall–Kier alpha value is -3.34. The first-order valence-electron chi connectivity index (χ1n) is 8.34. The van der Waals surface area contributed by atoms with Gasteiger partial charge in [-0.2, -0.15) is 0 Å². The fraction of sp³-hybridized carbons (Fsp3) is 0.278. The number of rotatable bonds is 7. The number of aliphatic carboxylic acids is 1. The number of carbonyl (C=O) groups excluding carboxylic acids is 4. The number of fused-ring (bicyclic) bond motifs is 1. The molecule has 1 saturated heterocycles. The molecule has 2 N–H and O–H groups in total. The lowest BCUT2D eigenvalue weighted by atomic mass is 10.0. The number of carbonyl (C=O) groups is 5. The summed E-state index contributed by atoms with van der Waals surface area (Å²) in [5.74, 6) is -3.69. The molecule has 2 amide bonds. The number of hydrogen-bond donors (Lipinski definition) is 2.